The Hall–Kier alpha value is -0.860. The maximum Gasteiger partial charge on any atom is 0.0687 e. The van der Waals surface area contributed by atoms with Gasteiger partial charge in [0.25, 0.3) is 0 Å². The Balaban J connectivity index is 2.75. The molecule has 1 aromatic rings. The van der Waals surface area contributed by atoms with Crippen LogP contribution in [0.25, 0.3) is 0 Å². The number of aryl methyl sites for hydroxylation is 1. The van der Waals surface area contributed by atoms with Crippen molar-refractivity contribution in [1.29, 1.82) is 0 Å². The highest BCUT2D eigenvalue weighted by molar-refractivity contribution is 5.27. The normalized spacial score (nSPS) is 11.7. The van der Waals surface area contributed by atoms with Crippen molar-refractivity contribution in [3.05, 3.63) is 35.4 Å². The lowest BCUT2D eigenvalue weighted by Gasteiger charge is -2.24. The minimum atomic E-state index is 0.132. The van der Waals surface area contributed by atoms with Crippen LogP contribution in [0.5, 0.6) is 0 Å². The third kappa shape index (κ3) is 2.82. The highest BCUT2D eigenvalue weighted by Gasteiger charge is 2.19. The van der Waals surface area contributed by atoms with Crippen molar-refractivity contribution in [1.82, 2.24) is 0 Å². The molecule has 0 radical (unpaired) electrons. The fraction of sp³-hybridized carbons (Fsp3) is 0.500. The molecule has 0 saturated carbocycles. The minimum absolute atomic E-state index is 0.132. The average molecular weight is 193 g/mol. The number of rotatable bonds is 4. The van der Waals surface area contributed by atoms with E-state index in [1.54, 1.807) is 0 Å². The molecule has 2 N–H and O–H groups in total. The minimum Gasteiger partial charge on any atom is -0.305 e. The molecule has 78 valence electrons. The molecule has 0 saturated heterocycles. The molecule has 0 spiro atoms. The summed E-state index contributed by atoms with van der Waals surface area (Å²) in [5.41, 5.74) is 2.76. The Morgan fingerprint density at radius 3 is 2.29 bits per heavy atom. The highest BCUT2D eigenvalue weighted by atomic mass is 16.6. The van der Waals surface area contributed by atoms with Crippen LogP contribution in [0.15, 0.2) is 24.3 Å². The third-order valence-corrected chi connectivity index (χ3v) is 2.68. The largest absolute Gasteiger partial charge is 0.305 e. The SMILES string of the molecule is Cc1ccc(C(C)(C)CCON)cc1. The summed E-state index contributed by atoms with van der Waals surface area (Å²) in [5.74, 6) is 5.04. The summed E-state index contributed by atoms with van der Waals surface area (Å²) in [4.78, 5) is 4.62. The van der Waals surface area contributed by atoms with Gasteiger partial charge in [0.2, 0.25) is 0 Å². The van der Waals surface area contributed by atoms with Crippen LogP contribution in [-0.2, 0) is 10.3 Å². The zero-order valence-corrected chi connectivity index (χ0v) is 9.21. The second-order valence-corrected chi connectivity index (χ2v) is 4.37. The van der Waals surface area contributed by atoms with E-state index in [4.69, 9.17) is 5.90 Å². The Labute approximate surface area is 86.0 Å². The van der Waals surface area contributed by atoms with Crippen molar-refractivity contribution in [3.63, 3.8) is 0 Å². The first-order valence-corrected chi connectivity index (χ1v) is 4.95. The predicted octanol–water partition coefficient (Wildman–Crippen LogP) is 2.55. The molecule has 2 heteroatoms. The first kappa shape index (κ1) is 11.2. The molecule has 0 atom stereocenters. The summed E-state index contributed by atoms with van der Waals surface area (Å²) in [6, 6.07) is 8.62. The van der Waals surface area contributed by atoms with E-state index >= 15 is 0 Å². The van der Waals surface area contributed by atoms with Gasteiger partial charge in [-0.25, -0.2) is 5.90 Å². The zero-order valence-electron chi connectivity index (χ0n) is 9.21. The number of nitrogens with two attached hydrogens (primary N) is 1. The molecule has 0 bridgehead atoms. The lowest BCUT2D eigenvalue weighted by atomic mass is 9.82. The molecule has 1 rings (SSSR count). The maximum atomic E-state index is 5.04. The van der Waals surface area contributed by atoms with Gasteiger partial charge in [-0.15, -0.1) is 0 Å². The number of hydrogen-bond donors (Lipinski definition) is 1. The van der Waals surface area contributed by atoms with Crippen molar-refractivity contribution in [2.45, 2.75) is 32.6 Å². The van der Waals surface area contributed by atoms with Gasteiger partial charge in [0.1, 0.15) is 0 Å². The van der Waals surface area contributed by atoms with E-state index in [1.165, 1.54) is 11.1 Å². The molecule has 14 heavy (non-hydrogen) atoms. The van der Waals surface area contributed by atoms with Crippen LogP contribution in [0.3, 0.4) is 0 Å². The molecule has 0 fully saturated rings. The monoisotopic (exact) mass is 193 g/mol. The molecule has 1 aromatic carbocycles. The van der Waals surface area contributed by atoms with E-state index in [9.17, 15) is 0 Å². The molecule has 0 aliphatic carbocycles. The average Bonchev–Trinajstić information content (AvgIpc) is 2.16. The van der Waals surface area contributed by atoms with Crippen molar-refractivity contribution < 1.29 is 4.84 Å². The van der Waals surface area contributed by atoms with Gasteiger partial charge in [0.05, 0.1) is 6.61 Å². The van der Waals surface area contributed by atoms with Gasteiger partial charge in [0.15, 0.2) is 0 Å². The lowest BCUT2D eigenvalue weighted by molar-refractivity contribution is 0.121. The molecule has 0 heterocycles. The van der Waals surface area contributed by atoms with E-state index in [2.05, 4.69) is 49.9 Å². The first-order valence-electron chi connectivity index (χ1n) is 4.95. The molecule has 2 nitrogen and oxygen atoms in total. The fourth-order valence-corrected chi connectivity index (χ4v) is 1.46. The summed E-state index contributed by atoms with van der Waals surface area (Å²) >= 11 is 0. The van der Waals surface area contributed by atoms with Crippen LogP contribution in [0.4, 0.5) is 0 Å². The quantitative estimate of drug-likeness (QED) is 0.746. The van der Waals surface area contributed by atoms with E-state index in [0.717, 1.165) is 6.42 Å². The van der Waals surface area contributed by atoms with Gasteiger partial charge in [-0.2, -0.15) is 0 Å². The van der Waals surface area contributed by atoms with Crippen LogP contribution in [0.2, 0.25) is 0 Å². The summed E-state index contributed by atoms with van der Waals surface area (Å²) in [6.07, 6.45) is 0.937. The van der Waals surface area contributed by atoms with E-state index < -0.39 is 0 Å². The lowest BCUT2D eigenvalue weighted by Crippen LogP contribution is -2.20. The zero-order chi connectivity index (χ0) is 10.6. The third-order valence-electron chi connectivity index (χ3n) is 2.68. The van der Waals surface area contributed by atoms with Crippen LogP contribution >= 0.6 is 0 Å². The smallest absolute Gasteiger partial charge is 0.0687 e. The number of hydrogen-bond acceptors (Lipinski definition) is 2. The second kappa shape index (κ2) is 4.58. The van der Waals surface area contributed by atoms with Gasteiger partial charge in [0, 0.05) is 0 Å². The molecular weight excluding hydrogens is 174 g/mol. The standard InChI is InChI=1S/C12H19NO/c1-10-4-6-11(7-5-10)12(2,3)8-9-14-13/h4-7H,8-9,13H2,1-3H3. The van der Waals surface area contributed by atoms with E-state index in [1.807, 2.05) is 0 Å². The van der Waals surface area contributed by atoms with Gasteiger partial charge in [-0.1, -0.05) is 43.7 Å². The number of benzene rings is 1. The Morgan fingerprint density at radius 2 is 1.79 bits per heavy atom. The maximum absolute atomic E-state index is 5.04. The Bertz CT molecular complexity index is 277. The van der Waals surface area contributed by atoms with Gasteiger partial charge >= 0.3 is 0 Å². The second-order valence-electron chi connectivity index (χ2n) is 4.37. The molecule has 0 aromatic heterocycles. The molecule has 0 aliphatic rings. The molecule has 0 amide bonds. The summed E-state index contributed by atoms with van der Waals surface area (Å²) in [7, 11) is 0. The predicted molar refractivity (Wildman–Crippen MR) is 59.0 cm³/mol. The van der Waals surface area contributed by atoms with Gasteiger partial charge in [-0.05, 0) is 24.3 Å². The Morgan fingerprint density at radius 1 is 1.21 bits per heavy atom. The van der Waals surface area contributed by atoms with Gasteiger partial charge < -0.3 is 4.84 Å². The summed E-state index contributed by atoms with van der Waals surface area (Å²) in [6.45, 7) is 7.11. The first-order chi connectivity index (χ1) is 6.56. The van der Waals surface area contributed by atoms with Crippen LogP contribution in [0.1, 0.15) is 31.4 Å². The Kier molecular flexibility index (Phi) is 3.67. The van der Waals surface area contributed by atoms with Crippen molar-refractivity contribution in [2.24, 2.45) is 5.90 Å². The van der Waals surface area contributed by atoms with Crippen molar-refractivity contribution in [2.75, 3.05) is 6.61 Å². The van der Waals surface area contributed by atoms with Crippen LogP contribution in [0, 0.1) is 6.92 Å². The summed E-state index contributed by atoms with van der Waals surface area (Å²) < 4.78 is 0. The fourth-order valence-electron chi connectivity index (χ4n) is 1.46. The highest BCUT2D eigenvalue weighted by Crippen LogP contribution is 2.26. The molecular formula is C12H19NO. The molecule has 0 unspecified atom stereocenters. The van der Waals surface area contributed by atoms with Crippen LogP contribution in [-0.4, -0.2) is 6.61 Å². The van der Waals surface area contributed by atoms with E-state index in [-0.39, 0.29) is 5.41 Å². The topological polar surface area (TPSA) is 35.2 Å². The van der Waals surface area contributed by atoms with Crippen molar-refractivity contribution in [3.8, 4) is 0 Å². The summed E-state index contributed by atoms with van der Waals surface area (Å²) in [5, 5.41) is 0. The van der Waals surface area contributed by atoms with E-state index in [0.29, 0.717) is 6.61 Å². The van der Waals surface area contributed by atoms with Crippen molar-refractivity contribution >= 4 is 0 Å². The van der Waals surface area contributed by atoms with Crippen LogP contribution < -0.4 is 5.90 Å². The molecule has 0 aliphatic heterocycles. The van der Waals surface area contributed by atoms with Gasteiger partial charge in [-0.3, -0.25) is 0 Å².